The average Bonchev–Trinajstić information content (AvgIpc) is 2.45. The van der Waals surface area contributed by atoms with E-state index in [0.29, 0.717) is 22.2 Å². The predicted molar refractivity (Wildman–Crippen MR) is 78.8 cm³/mol. The van der Waals surface area contributed by atoms with Crippen molar-refractivity contribution in [3.8, 4) is 11.5 Å². The van der Waals surface area contributed by atoms with E-state index in [1.54, 1.807) is 26.2 Å². The topological polar surface area (TPSA) is 56.8 Å². The summed E-state index contributed by atoms with van der Waals surface area (Å²) in [5.41, 5.74) is 0.696. The Bertz CT molecular complexity index is 478. The second-order valence-electron chi connectivity index (χ2n) is 4.43. The number of hydrogen-bond acceptors (Lipinski definition) is 5. The number of rotatable bonds is 6. The highest BCUT2D eigenvalue weighted by Crippen LogP contribution is 2.36. The molecule has 1 aromatic carbocycles. The van der Waals surface area contributed by atoms with Gasteiger partial charge in [0.05, 0.1) is 38.0 Å². The lowest BCUT2D eigenvalue weighted by Gasteiger charge is -2.22. The number of halogens is 1. The van der Waals surface area contributed by atoms with Crippen LogP contribution in [0.15, 0.2) is 12.1 Å². The third-order valence-corrected chi connectivity index (χ3v) is 3.48. The van der Waals surface area contributed by atoms with Crippen molar-refractivity contribution in [1.82, 2.24) is 0 Å². The highest BCUT2D eigenvalue weighted by molar-refractivity contribution is 6.32. The molecule has 0 aliphatic heterocycles. The van der Waals surface area contributed by atoms with Crippen LogP contribution in [0.3, 0.4) is 0 Å². The smallest absolute Gasteiger partial charge is 0.310 e. The maximum Gasteiger partial charge on any atom is 0.310 e. The van der Waals surface area contributed by atoms with Gasteiger partial charge in [-0.15, -0.1) is 0 Å². The van der Waals surface area contributed by atoms with Gasteiger partial charge >= 0.3 is 5.97 Å². The Morgan fingerprint density at radius 3 is 2.25 bits per heavy atom. The van der Waals surface area contributed by atoms with Crippen molar-refractivity contribution in [2.45, 2.75) is 19.9 Å². The molecular formula is C14H20ClNO4. The van der Waals surface area contributed by atoms with E-state index in [1.165, 1.54) is 14.2 Å². The Morgan fingerprint density at radius 1 is 1.15 bits per heavy atom. The Hall–Kier alpha value is -1.62. The van der Waals surface area contributed by atoms with Gasteiger partial charge in [0.2, 0.25) is 0 Å². The van der Waals surface area contributed by atoms with E-state index in [4.69, 9.17) is 25.8 Å². The molecule has 0 heterocycles. The zero-order valence-electron chi connectivity index (χ0n) is 12.3. The van der Waals surface area contributed by atoms with E-state index in [9.17, 15) is 4.79 Å². The lowest BCUT2D eigenvalue weighted by atomic mass is 10.0. The van der Waals surface area contributed by atoms with Crippen molar-refractivity contribution < 1.29 is 19.0 Å². The highest BCUT2D eigenvalue weighted by atomic mass is 35.5. The van der Waals surface area contributed by atoms with Gasteiger partial charge in [0.15, 0.2) is 0 Å². The molecule has 20 heavy (non-hydrogen) atoms. The van der Waals surface area contributed by atoms with Crippen molar-refractivity contribution in [1.29, 1.82) is 0 Å². The number of esters is 1. The lowest BCUT2D eigenvalue weighted by molar-refractivity contribution is -0.145. The molecule has 0 bridgehead atoms. The van der Waals surface area contributed by atoms with Gasteiger partial charge in [0.25, 0.3) is 0 Å². The van der Waals surface area contributed by atoms with Gasteiger partial charge in [-0.2, -0.15) is 0 Å². The van der Waals surface area contributed by atoms with Gasteiger partial charge < -0.3 is 19.5 Å². The second-order valence-corrected chi connectivity index (χ2v) is 4.84. The fourth-order valence-corrected chi connectivity index (χ4v) is 1.97. The van der Waals surface area contributed by atoms with E-state index >= 15 is 0 Å². The van der Waals surface area contributed by atoms with Crippen LogP contribution in [0.4, 0.5) is 5.69 Å². The molecule has 2 atom stereocenters. The number of benzene rings is 1. The van der Waals surface area contributed by atoms with Crippen LogP contribution >= 0.6 is 11.6 Å². The van der Waals surface area contributed by atoms with Crippen molar-refractivity contribution >= 4 is 23.3 Å². The van der Waals surface area contributed by atoms with Crippen LogP contribution < -0.4 is 14.8 Å². The molecule has 0 saturated carbocycles. The second kappa shape index (κ2) is 7.24. The SMILES string of the molecule is COC(=O)C(C)C(C)Nc1cc(Cl)c(OC)cc1OC. The van der Waals surface area contributed by atoms with Gasteiger partial charge in [-0.05, 0) is 19.9 Å². The molecule has 1 rings (SSSR count). The van der Waals surface area contributed by atoms with Crippen molar-refractivity contribution in [3.63, 3.8) is 0 Å². The standard InChI is InChI=1S/C14H20ClNO4/c1-8(14(17)20-5)9(2)16-11-6-10(15)12(18-3)7-13(11)19-4/h6-9,16H,1-5H3. The quantitative estimate of drug-likeness (QED) is 0.819. The Kier molecular flexibility index (Phi) is 5.95. The zero-order chi connectivity index (χ0) is 15.3. The van der Waals surface area contributed by atoms with Crippen molar-refractivity contribution in [2.75, 3.05) is 26.6 Å². The van der Waals surface area contributed by atoms with Crippen molar-refractivity contribution in [3.05, 3.63) is 17.2 Å². The molecule has 1 aromatic rings. The van der Waals surface area contributed by atoms with E-state index < -0.39 is 0 Å². The molecule has 0 spiro atoms. The van der Waals surface area contributed by atoms with Crippen LogP contribution in [0.5, 0.6) is 11.5 Å². The van der Waals surface area contributed by atoms with Gasteiger partial charge in [0, 0.05) is 12.1 Å². The molecule has 112 valence electrons. The summed E-state index contributed by atoms with van der Waals surface area (Å²) in [6.07, 6.45) is 0. The number of ether oxygens (including phenoxy) is 3. The van der Waals surface area contributed by atoms with E-state index in [2.05, 4.69) is 5.32 Å². The molecular weight excluding hydrogens is 282 g/mol. The summed E-state index contributed by atoms with van der Waals surface area (Å²) in [5.74, 6) is 0.548. The van der Waals surface area contributed by atoms with Crippen LogP contribution in [0.25, 0.3) is 0 Å². The Morgan fingerprint density at radius 2 is 1.75 bits per heavy atom. The van der Waals surface area contributed by atoms with Crippen molar-refractivity contribution in [2.24, 2.45) is 5.92 Å². The van der Waals surface area contributed by atoms with Gasteiger partial charge in [-0.1, -0.05) is 11.6 Å². The number of nitrogens with one attached hydrogen (secondary N) is 1. The number of methoxy groups -OCH3 is 3. The molecule has 2 unspecified atom stereocenters. The number of anilines is 1. The lowest BCUT2D eigenvalue weighted by Crippen LogP contribution is -2.30. The molecule has 1 N–H and O–H groups in total. The molecule has 0 saturated heterocycles. The molecule has 0 radical (unpaired) electrons. The van der Waals surface area contributed by atoms with Gasteiger partial charge in [-0.3, -0.25) is 4.79 Å². The first kappa shape index (κ1) is 16.4. The van der Waals surface area contributed by atoms with Crippen LogP contribution in [0.1, 0.15) is 13.8 Å². The Balaban J connectivity index is 2.97. The first-order valence-corrected chi connectivity index (χ1v) is 6.58. The predicted octanol–water partition coefficient (Wildman–Crippen LogP) is 2.97. The first-order chi connectivity index (χ1) is 9.44. The van der Waals surface area contributed by atoms with Crippen LogP contribution in [0.2, 0.25) is 5.02 Å². The van der Waals surface area contributed by atoms with Gasteiger partial charge in [0.1, 0.15) is 11.5 Å². The summed E-state index contributed by atoms with van der Waals surface area (Å²) in [6, 6.07) is 3.26. The third kappa shape index (κ3) is 3.70. The third-order valence-electron chi connectivity index (χ3n) is 3.18. The maximum atomic E-state index is 11.5. The first-order valence-electron chi connectivity index (χ1n) is 6.20. The summed E-state index contributed by atoms with van der Waals surface area (Å²) in [4.78, 5) is 11.5. The zero-order valence-corrected chi connectivity index (χ0v) is 13.1. The molecule has 0 aliphatic carbocycles. The van der Waals surface area contributed by atoms with Crippen LogP contribution in [0, 0.1) is 5.92 Å². The summed E-state index contributed by atoms with van der Waals surface area (Å²) in [7, 11) is 4.47. The molecule has 0 fully saturated rings. The minimum absolute atomic E-state index is 0.138. The summed E-state index contributed by atoms with van der Waals surface area (Å²) in [6.45, 7) is 3.68. The van der Waals surface area contributed by atoms with Crippen LogP contribution in [-0.2, 0) is 9.53 Å². The molecule has 5 nitrogen and oxygen atoms in total. The minimum atomic E-state index is -0.300. The highest BCUT2D eigenvalue weighted by Gasteiger charge is 2.22. The summed E-state index contributed by atoms with van der Waals surface area (Å²) in [5, 5.41) is 3.67. The summed E-state index contributed by atoms with van der Waals surface area (Å²) < 4.78 is 15.2. The Labute approximate surface area is 124 Å². The number of hydrogen-bond donors (Lipinski definition) is 1. The normalized spacial score (nSPS) is 13.3. The fraction of sp³-hybridized carbons (Fsp3) is 0.500. The molecule has 0 aromatic heterocycles. The molecule has 0 aliphatic rings. The number of carbonyl (C=O) groups is 1. The fourth-order valence-electron chi connectivity index (χ4n) is 1.73. The van der Waals surface area contributed by atoms with Gasteiger partial charge in [-0.25, -0.2) is 0 Å². The molecule has 0 amide bonds. The molecule has 6 heteroatoms. The summed E-state index contributed by atoms with van der Waals surface area (Å²) >= 11 is 6.10. The monoisotopic (exact) mass is 301 g/mol. The van der Waals surface area contributed by atoms with E-state index in [1.807, 2.05) is 6.92 Å². The van der Waals surface area contributed by atoms with Crippen LogP contribution in [-0.4, -0.2) is 33.3 Å². The van der Waals surface area contributed by atoms with E-state index in [-0.39, 0.29) is 17.9 Å². The maximum absolute atomic E-state index is 11.5. The largest absolute Gasteiger partial charge is 0.495 e. The average molecular weight is 302 g/mol. The minimum Gasteiger partial charge on any atom is -0.495 e. The van der Waals surface area contributed by atoms with E-state index in [0.717, 1.165) is 0 Å². The number of carbonyl (C=O) groups excluding carboxylic acids is 1.